The highest BCUT2D eigenvalue weighted by atomic mass is 35.5. The zero-order chi connectivity index (χ0) is 24.3. The average molecular weight is 495 g/mol. The van der Waals surface area contributed by atoms with Gasteiger partial charge in [0.25, 0.3) is 5.91 Å². The van der Waals surface area contributed by atoms with Crippen LogP contribution < -0.4 is 10.1 Å². The number of sulfonamides is 1. The van der Waals surface area contributed by atoms with Gasteiger partial charge in [0.1, 0.15) is 16.2 Å². The molecule has 1 aromatic heterocycles. The third-order valence-corrected chi connectivity index (χ3v) is 7.01. The van der Waals surface area contributed by atoms with Crippen LogP contribution in [0.15, 0.2) is 45.7 Å². The second-order valence-corrected chi connectivity index (χ2v) is 9.73. The van der Waals surface area contributed by atoms with Gasteiger partial charge in [-0.05, 0) is 50.2 Å². The van der Waals surface area contributed by atoms with Crippen molar-refractivity contribution in [3.63, 3.8) is 0 Å². The topological polar surface area (TPSA) is 115 Å². The first-order valence-electron chi connectivity index (χ1n) is 9.89. The molecule has 0 atom stereocenters. The van der Waals surface area contributed by atoms with Crippen molar-refractivity contribution < 1.29 is 31.9 Å². The number of nitrogens with one attached hydrogen (secondary N) is 1. The summed E-state index contributed by atoms with van der Waals surface area (Å²) in [5, 5.41) is 3.20. The molecule has 1 heterocycles. The van der Waals surface area contributed by atoms with Gasteiger partial charge in [0.05, 0.1) is 11.6 Å². The molecule has 0 aliphatic rings. The maximum atomic E-state index is 12.5. The summed E-state index contributed by atoms with van der Waals surface area (Å²) in [4.78, 5) is 24.6. The highest BCUT2D eigenvalue weighted by molar-refractivity contribution is 7.89. The number of hydrogen-bond acceptors (Lipinski definition) is 7. The van der Waals surface area contributed by atoms with Gasteiger partial charge in [-0.25, -0.2) is 17.5 Å². The Balaban J connectivity index is 1.69. The number of amides is 1. The summed E-state index contributed by atoms with van der Waals surface area (Å²) in [7, 11) is -1.07. The first-order chi connectivity index (χ1) is 15.5. The van der Waals surface area contributed by atoms with E-state index in [9.17, 15) is 18.0 Å². The van der Waals surface area contributed by atoms with E-state index in [1.165, 1.54) is 32.3 Å². The minimum absolute atomic E-state index is 0.0148. The molecule has 9 nitrogen and oxygen atoms in total. The lowest BCUT2D eigenvalue weighted by molar-refractivity contribution is -0.119. The third kappa shape index (κ3) is 5.29. The minimum Gasteiger partial charge on any atom is -0.494 e. The Bertz CT molecular complexity index is 1320. The fourth-order valence-corrected chi connectivity index (χ4v) is 4.41. The second-order valence-electron chi connectivity index (χ2n) is 7.20. The highest BCUT2D eigenvalue weighted by Crippen LogP contribution is 2.30. The molecule has 0 aliphatic heterocycles. The molecule has 0 saturated heterocycles. The van der Waals surface area contributed by atoms with E-state index in [1.54, 1.807) is 25.1 Å². The number of esters is 1. The molecule has 33 heavy (non-hydrogen) atoms. The molecule has 0 fully saturated rings. The van der Waals surface area contributed by atoms with E-state index in [2.05, 4.69) is 5.32 Å². The van der Waals surface area contributed by atoms with E-state index in [0.717, 1.165) is 4.31 Å². The minimum atomic E-state index is -3.81. The Morgan fingerprint density at radius 1 is 1.15 bits per heavy atom. The number of carbonyl (C=O) groups excluding carboxylic acids is 2. The molecule has 0 saturated carbocycles. The number of anilines is 1. The summed E-state index contributed by atoms with van der Waals surface area (Å²) in [6, 6.07) is 9.21. The Hall–Kier alpha value is -3.08. The molecule has 0 spiro atoms. The molecule has 1 amide bonds. The van der Waals surface area contributed by atoms with Crippen LogP contribution in [0.2, 0.25) is 5.02 Å². The zero-order valence-corrected chi connectivity index (χ0v) is 20.0. The molecule has 0 radical (unpaired) electrons. The Kier molecular flexibility index (Phi) is 7.31. The molecule has 0 bridgehead atoms. The molecule has 1 N–H and O–H groups in total. The quantitative estimate of drug-likeness (QED) is 0.473. The van der Waals surface area contributed by atoms with Crippen molar-refractivity contribution in [2.24, 2.45) is 0 Å². The number of fused-ring (bicyclic) bond motifs is 1. The van der Waals surface area contributed by atoms with E-state index < -0.39 is 28.5 Å². The number of aryl methyl sites for hydroxylation is 1. The van der Waals surface area contributed by atoms with E-state index in [1.807, 2.05) is 6.92 Å². The smallest absolute Gasteiger partial charge is 0.375 e. The van der Waals surface area contributed by atoms with Gasteiger partial charge in [-0.1, -0.05) is 11.6 Å². The van der Waals surface area contributed by atoms with Crippen molar-refractivity contribution in [2.75, 3.05) is 32.6 Å². The predicted molar refractivity (Wildman–Crippen MR) is 123 cm³/mol. The molecule has 11 heteroatoms. The summed E-state index contributed by atoms with van der Waals surface area (Å²) in [5.74, 6) is -0.834. The average Bonchev–Trinajstić information content (AvgIpc) is 3.09. The van der Waals surface area contributed by atoms with Crippen LogP contribution >= 0.6 is 11.6 Å². The first-order valence-corrected chi connectivity index (χ1v) is 11.7. The molecule has 0 unspecified atom stereocenters. The van der Waals surface area contributed by atoms with Gasteiger partial charge < -0.3 is 19.2 Å². The fourth-order valence-electron chi connectivity index (χ4n) is 3.02. The molecule has 176 valence electrons. The van der Waals surface area contributed by atoms with Crippen molar-refractivity contribution in [3.05, 3.63) is 52.7 Å². The number of carbonyl (C=O) groups is 2. The van der Waals surface area contributed by atoms with E-state index >= 15 is 0 Å². The lowest BCUT2D eigenvalue weighted by Gasteiger charge is -2.14. The van der Waals surface area contributed by atoms with Crippen molar-refractivity contribution >= 4 is 50.2 Å². The van der Waals surface area contributed by atoms with Crippen LogP contribution in [0.5, 0.6) is 5.75 Å². The number of ether oxygens (including phenoxy) is 2. The maximum Gasteiger partial charge on any atom is 0.375 e. The lowest BCUT2D eigenvalue weighted by atomic mass is 10.1. The van der Waals surface area contributed by atoms with Crippen LogP contribution in [0, 0.1) is 6.92 Å². The van der Waals surface area contributed by atoms with E-state index in [4.69, 9.17) is 25.5 Å². The maximum absolute atomic E-state index is 12.5. The van der Waals surface area contributed by atoms with Crippen LogP contribution in [0.4, 0.5) is 5.69 Å². The Morgan fingerprint density at radius 2 is 1.88 bits per heavy atom. The van der Waals surface area contributed by atoms with Crippen LogP contribution in [0.1, 0.15) is 23.0 Å². The van der Waals surface area contributed by atoms with E-state index in [0.29, 0.717) is 28.9 Å². The largest absolute Gasteiger partial charge is 0.494 e. The van der Waals surface area contributed by atoms with Crippen molar-refractivity contribution in [1.82, 2.24) is 4.31 Å². The van der Waals surface area contributed by atoms with Gasteiger partial charge in [-0.3, -0.25) is 4.79 Å². The summed E-state index contributed by atoms with van der Waals surface area (Å²) in [5.41, 5.74) is 1.24. The summed E-state index contributed by atoms with van der Waals surface area (Å²) >= 11 is 6.00. The van der Waals surface area contributed by atoms with Gasteiger partial charge in [0, 0.05) is 30.7 Å². The number of rotatable bonds is 8. The van der Waals surface area contributed by atoms with Gasteiger partial charge in [0.2, 0.25) is 15.8 Å². The second kappa shape index (κ2) is 9.82. The first kappa shape index (κ1) is 24.6. The fraction of sp³-hybridized carbons (Fsp3) is 0.273. The van der Waals surface area contributed by atoms with Crippen molar-refractivity contribution in [2.45, 2.75) is 18.7 Å². The van der Waals surface area contributed by atoms with Gasteiger partial charge in [-0.2, -0.15) is 0 Å². The number of hydrogen-bond donors (Lipinski definition) is 1. The van der Waals surface area contributed by atoms with Gasteiger partial charge in [-0.15, -0.1) is 0 Å². The molecular formula is C22H23ClN2O7S. The third-order valence-electron chi connectivity index (χ3n) is 4.71. The highest BCUT2D eigenvalue weighted by Gasteiger charge is 2.23. The van der Waals surface area contributed by atoms with Crippen LogP contribution in [0.25, 0.3) is 11.0 Å². The summed E-state index contributed by atoms with van der Waals surface area (Å²) in [6.07, 6.45) is 0. The SMILES string of the molecule is CCOc1ccc2oc(C(=O)OCC(=O)Nc3ccc(Cl)c(S(=O)(=O)N(C)C)c3)c(C)c2c1. The molecular weight excluding hydrogens is 472 g/mol. The standard InChI is InChI=1S/C22H23ClN2O7S/c1-5-30-15-7-9-18-16(11-15)13(2)21(32-18)22(27)31-12-20(26)24-14-6-8-17(23)19(10-14)33(28,29)25(3)4/h6-11H,5,12H2,1-4H3,(H,24,26). The monoisotopic (exact) mass is 494 g/mol. The Morgan fingerprint density at radius 3 is 2.55 bits per heavy atom. The molecule has 3 aromatic rings. The predicted octanol–water partition coefficient (Wildman–Crippen LogP) is 3.84. The number of nitrogens with zero attached hydrogens (tertiary/aromatic N) is 1. The Labute approximate surface area is 196 Å². The molecule has 2 aromatic carbocycles. The summed E-state index contributed by atoms with van der Waals surface area (Å²) < 4.78 is 41.9. The van der Waals surface area contributed by atoms with Crippen molar-refractivity contribution in [3.8, 4) is 5.75 Å². The van der Waals surface area contributed by atoms with Crippen molar-refractivity contribution in [1.29, 1.82) is 0 Å². The van der Waals surface area contributed by atoms with Crippen LogP contribution in [-0.2, 0) is 19.6 Å². The van der Waals surface area contributed by atoms with Crippen LogP contribution in [-0.4, -0.2) is 51.9 Å². The van der Waals surface area contributed by atoms with Gasteiger partial charge in [0.15, 0.2) is 6.61 Å². The lowest BCUT2D eigenvalue weighted by Crippen LogP contribution is -2.23. The normalized spacial score (nSPS) is 11.6. The molecule has 0 aliphatic carbocycles. The van der Waals surface area contributed by atoms with Gasteiger partial charge >= 0.3 is 5.97 Å². The number of halogens is 1. The number of furan rings is 1. The molecule has 3 rings (SSSR count). The number of benzene rings is 2. The summed E-state index contributed by atoms with van der Waals surface area (Å²) in [6.45, 7) is 3.48. The zero-order valence-electron chi connectivity index (χ0n) is 18.5. The van der Waals surface area contributed by atoms with E-state index in [-0.39, 0.29) is 21.4 Å². The van der Waals surface area contributed by atoms with Crippen LogP contribution in [0.3, 0.4) is 0 Å².